The van der Waals surface area contributed by atoms with Crippen LogP contribution in [0.1, 0.15) is 6.92 Å². The molecular weight excluding hydrogens is 325 g/mol. The highest BCUT2D eigenvalue weighted by Gasteiger charge is 2.07. The van der Waals surface area contributed by atoms with Crippen molar-refractivity contribution in [3.8, 4) is 17.2 Å². The summed E-state index contributed by atoms with van der Waals surface area (Å²) in [5.41, 5.74) is 6.57. The molecule has 0 aliphatic carbocycles. The first-order valence-electron chi connectivity index (χ1n) is 7.73. The fourth-order valence-electron chi connectivity index (χ4n) is 2.10. The van der Waals surface area contributed by atoms with Gasteiger partial charge in [-0.15, -0.1) is 0 Å². The van der Waals surface area contributed by atoms with Gasteiger partial charge in [0.15, 0.2) is 5.96 Å². The summed E-state index contributed by atoms with van der Waals surface area (Å²) in [6, 6.07) is 11.1. The molecule has 0 bridgehead atoms. The fraction of sp³-hybridized carbons (Fsp3) is 0.278. The van der Waals surface area contributed by atoms with E-state index in [4.69, 9.17) is 19.9 Å². The molecule has 0 saturated heterocycles. The number of hydrogen-bond donors (Lipinski definition) is 2. The second kappa shape index (κ2) is 8.77. The maximum Gasteiger partial charge on any atom is 0.193 e. The molecule has 0 radical (unpaired) electrons. The molecule has 6 nitrogen and oxygen atoms in total. The Bertz CT molecular complexity index is 720. The van der Waals surface area contributed by atoms with E-state index in [9.17, 15) is 4.39 Å². The van der Waals surface area contributed by atoms with Crippen LogP contribution in [-0.4, -0.2) is 32.8 Å². The minimum atomic E-state index is -0.307. The monoisotopic (exact) mass is 347 g/mol. The molecule has 2 aromatic rings. The van der Waals surface area contributed by atoms with Crippen molar-refractivity contribution in [1.29, 1.82) is 0 Å². The molecule has 0 aromatic heterocycles. The van der Waals surface area contributed by atoms with Crippen LogP contribution in [0.3, 0.4) is 0 Å². The lowest BCUT2D eigenvalue weighted by Gasteiger charge is -2.14. The van der Waals surface area contributed by atoms with E-state index in [1.165, 1.54) is 12.1 Å². The van der Waals surface area contributed by atoms with Crippen molar-refractivity contribution < 1.29 is 18.6 Å². The molecule has 3 N–H and O–H groups in total. The topological polar surface area (TPSA) is 78.1 Å². The van der Waals surface area contributed by atoms with Crippen LogP contribution in [0.4, 0.5) is 10.1 Å². The Hall–Kier alpha value is -2.96. The van der Waals surface area contributed by atoms with E-state index in [2.05, 4.69) is 10.3 Å². The summed E-state index contributed by atoms with van der Waals surface area (Å²) in [5, 5.41) is 2.98. The lowest BCUT2D eigenvalue weighted by Crippen LogP contribution is -2.26. The standard InChI is InChI=1S/C18H22FN3O3/c1-12(25-14-6-4-13(19)5-7-14)11-21-18(20)22-16-10-15(23-2)8-9-17(16)24-3/h4-10,12H,11H2,1-3H3,(H3,20,21,22). The number of nitrogens with one attached hydrogen (secondary N) is 1. The Morgan fingerprint density at radius 3 is 2.44 bits per heavy atom. The average molecular weight is 347 g/mol. The number of nitrogens with zero attached hydrogens (tertiary/aromatic N) is 1. The molecule has 0 aliphatic rings. The number of nitrogens with two attached hydrogens (primary N) is 1. The van der Waals surface area contributed by atoms with Crippen LogP contribution >= 0.6 is 0 Å². The van der Waals surface area contributed by atoms with Gasteiger partial charge >= 0.3 is 0 Å². The van der Waals surface area contributed by atoms with Crippen LogP contribution in [0.5, 0.6) is 17.2 Å². The van der Waals surface area contributed by atoms with Gasteiger partial charge in [0, 0.05) is 6.07 Å². The second-order valence-corrected chi connectivity index (χ2v) is 5.30. The number of hydrogen-bond acceptors (Lipinski definition) is 4. The zero-order valence-electron chi connectivity index (χ0n) is 14.5. The van der Waals surface area contributed by atoms with Crippen LogP contribution < -0.4 is 25.3 Å². The third-order valence-corrected chi connectivity index (χ3v) is 3.34. The van der Waals surface area contributed by atoms with Crippen LogP contribution in [0, 0.1) is 5.82 Å². The van der Waals surface area contributed by atoms with Gasteiger partial charge in [-0.2, -0.15) is 0 Å². The van der Waals surface area contributed by atoms with E-state index in [-0.39, 0.29) is 17.9 Å². The number of anilines is 1. The van der Waals surface area contributed by atoms with Crippen molar-refractivity contribution in [2.75, 3.05) is 26.1 Å². The predicted molar refractivity (Wildman–Crippen MR) is 96.1 cm³/mol. The number of methoxy groups -OCH3 is 2. The number of halogens is 1. The Kier molecular flexibility index (Phi) is 6.45. The van der Waals surface area contributed by atoms with Gasteiger partial charge in [-0.05, 0) is 43.3 Å². The summed E-state index contributed by atoms with van der Waals surface area (Å²) in [7, 11) is 3.15. The van der Waals surface area contributed by atoms with Gasteiger partial charge in [0.25, 0.3) is 0 Å². The van der Waals surface area contributed by atoms with Crippen molar-refractivity contribution in [2.45, 2.75) is 13.0 Å². The van der Waals surface area contributed by atoms with Crippen LogP contribution in [0.15, 0.2) is 47.5 Å². The molecular formula is C18H22FN3O3. The van der Waals surface area contributed by atoms with Gasteiger partial charge in [0.2, 0.25) is 0 Å². The Balaban J connectivity index is 1.95. The van der Waals surface area contributed by atoms with E-state index in [1.54, 1.807) is 44.6 Å². The number of ether oxygens (including phenoxy) is 3. The third kappa shape index (κ3) is 5.56. The van der Waals surface area contributed by atoms with Crippen molar-refractivity contribution >= 4 is 11.6 Å². The minimum Gasteiger partial charge on any atom is -0.497 e. The summed E-state index contributed by atoms with van der Waals surface area (Å²) in [5.74, 6) is 1.78. The van der Waals surface area contributed by atoms with Gasteiger partial charge in [-0.25, -0.2) is 9.38 Å². The zero-order valence-corrected chi connectivity index (χ0v) is 14.5. The summed E-state index contributed by atoms with van der Waals surface area (Å²) >= 11 is 0. The van der Waals surface area contributed by atoms with E-state index in [0.29, 0.717) is 29.5 Å². The summed E-state index contributed by atoms with van der Waals surface area (Å²) < 4.78 is 29.0. The lowest BCUT2D eigenvalue weighted by atomic mass is 10.2. The smallest absolute Gasteiger partial charge is 0.193 e. The van der Waals surface area contributed by atoms with Gasteiger partial charge in [-0.1, -0.05) is 0 Å². The molecule has 0 spiro atoms. The number of rotatable bonds is 7. The zero-order chi connectivity index (χ0) is 18.2. The van der Waals surface area contributed by atoms with Crippen LogP contribution in [-0.2, 0) is 0 Å². The highest BCUT2D eigenvalue weighted by atomic mass is 19.1. The second-order valence-electron chi connectivity index (χ2n) is 5.30. The van der Waals surface area contributed by atoms with Crippen molar-refractivity contribution in [3.05, 3.63) is 48.3 Å². The highest BCUT2D eigenvalue weighted by Crippen LogP contribution is 2.28. The molecule has 0 amide bonds. The van der Waals surface area contributed by atoms with Crippen molar-refractivity contribution in [1.82, 2.24) is 0 Å². The minimum absolute atomic E-state index is 0.223. The molecule has 1 unspecified atom stereocenters. The Labute approximate surface area is 146 Å². The molecule has 0 aliphatic heterocycles. The first-order valence-corrected chi connectivity index (χ1v) is 7.73. The number of aliphatic imine (C=N–C) groups is 1. The van der Waals surface area contributed by atoms with E-state index in [0.717, 1.165) is 0 Å². The molecule has 2 aromatic carbocycles. The highest BCUT2D eigenvalue weighted by molar-refractivity contribution is 5.94. The molecule has 25 heavy (non-hydrogen) atoms. The van der Waals surface area contributed by atoms with E-state index in [1.807, 2.05) is 6.92 Å². The van der Waals surface area contributed by atoms with E-state index >= 15 is 0 Å². The lowest BCUT2D eigenvalue weighted by molar-refractivity contribution is 0.230. The first-order chi connectivity index (χ1) is 12.0. The van der Waals surface area contributed by atoms with E-state index < -0.39 is 0 Å². The quantitative estimate of drug-likeness (QED) is 0.595. The maximum atomic E-state index is 12.9. The molecule has 0 heterocycles. The molecule has 2 rings (SSSR count). The molecule has 1 atom stereocenters. The molecule has 134 valence electrons. The normalized spacial score (nSPS) is 12.4. The first kappa shape index (κ1) is 18.4. The van der Waals surface area contributed by atoms with Gasteiger partial charge in [-0.3, -0.25) is 0 Å². The summed E-state index contributed by atoms with van der Waals surface area (Å²) in [6.45, 7) is 2.19. The van der Waals surface area contributed by atoms with Crippen molar-refractivity contribution in [3.63, 3.8) is 0 Å². The SMILES string of the molecule is COc1ccc(OC)c(NC(N)=NCC(C)Oc2ccc(F)cc2)c1. The van der Waals surface area contributed by atoms with Gasteiger partial charge in [0.05, 0.1) is 26.5 Å². The number of guanidine groups is 1. The third-order valence-electron chi connectivity index (χ3n) is 3.34. The molecule has 0 saturated carbocycles. The summed E-state index contributed by atoms with van der Waals surface area (Å²) in [6.07, 6.45) is -0.224. The summed E-state index contributed by atoms with van der Waals surface area (Å²) in [4.78, 5) is 4.25. The fourth-order valence-corrected chi connectivity index (χ4v) is 2.10. The largest absolute Gasteiger partial charge is 0.497 e. The number of benzene rings is 2. The van der Waals surface area contributed by atoms with Crippen molar-refractivity contribution in [2.24, 2.45) is 10.7 Å². The predicted octanol–water partition coefficient (Wildman–Crippen LogP) is 3.04. The van der Waals surface area contributed by atoms with Gasteiger partial charge in [0.1, 0.15) is 29.2 Å². The molecule has 0 fully saturated rings. The van der Waals surface area contributed by atoms with Crippen LogP contribution in [0.25, 0.3) is 0 Å². The molecule has 7 heteroatoms. The Morgan fingerprint density at radius 1 is 1.12 bits per heavy atom. The maximum absolute atomic E-state index is 12.9. The average Bonchev–Trinajstić information content (AvgIpc) is 2.62. The van der Waals surface area contributed by atoms with Gasteiger partial charge < -0.3 is 25.3 Å². The van der Waals surface area contributed by atoms with Crippen LogP contribution in [0.2, 0.25) is 0 Å². The Morgan fingerprint density at radius 2 is 1.80 bits per heavy atom.